The summed E-state index contributed by atoms with van der Waals surface area (Å²) in [4.78, 5) is 37.6. The average molecular weight is 505 g/mol. The van der Waals surface area contributed by atoms with Crippen molar-refractivity contribution in [2.24, 2.45) is 0 Å². The summed E-state index contributed by atoms with van der Waals surface area (Å²) in [5.74, 6) is 0.596. The van der Waals surface area contributed by atoms with Crippen LogP contribution >= 0.6 is 11.8 Å². The van der Waals surface area contributed by atoms with E-state index in [1.807, 2.05) is 38.1 Å². The first kappa shape index (κ1) is 25.0. The summed E-state index contributed by atoms with van der Waals surface area (Å²) in [5.41, 5.74) is 3.28. The van der Waals surface area contributed by atoms with Crippen molar-refractivity contribution in [3.63, 3.8) is 0 Å². The minimum atomic E-state index is -0.452. The van der Waals surface area contributed by atoms with Crippen molar-refractivity contribution in [2.75, 3.05) is 6.61 Å². The van der Waals surface area contributed by atoms with Crippen LogP contribution in [-0.4, -0.2) is 27.6 Å². The van der Waals surface area contributed by atoms with Gasteiger partial charge in [0.1, 0.15) is 6.61 Å². The Morgan fingerprint density at radius 1 is 0.972 bits per heavy atom. The van der Waals surface area contributed by atoms with Crippen molar-refractivity contribution in [3.05, 3.63) is 104 Å². The maximum atomic E-state index is 12.9. The van der Waals surface area contributed by atoms with Gasteiger partial charge in [0, 0.05) is 12.1 Å². The molecule has 0 aromatic heterocycles. The topological polar surface area (TPSA) is 99.0 Å². The number of rotatable bonds is 9. The van der Waals surface area contributed by atoms with Crippen LogP contribution in [0.25, 0.3) is 6.08 Å². The number of thioether (sulfide) groups is 1. The lowest BCUT2D eigenvalue weighted by Gasteiger charge is -2.13. The lowest BCUT2D eigenvalue weighted by molar-refractivity contribution is -0.384. The zero-order valence-electron chi connectivity index (χ0n) is 19.8. The van der Waals surface area contributed by atoms with Crippen LogP contribution in [0.15, 0.2) is 71.6 Å². The normalized spacial score (nSPS) is 14.4. The first-order valence-electron chi connectivity index (χ1n) is 11.3. The van der Waals surface area contributed by atoms with Crippen molar-refractivity contribution in [1.82, 2.24) is 4.90 Å². The molecule has 1 aliphatic rings. The number of hydrogen-bond acceptors (Lipinski definition) is 7. The number of aryl methyl sites for hydroxylation is 1. The number of nitro benzene ring substituents is 1. The van der Waals surface area contributed by atoms with Crippen molar-refractivity contribution < 1.29 is 24.0 Å². The van der Waals surface area contributed by atoms with E-state index in [1.54, 1.807) is 36.4 Å². The molecule has 0 spiro atoms. The van der Waals surface area contributed by atoms with Crippen LogP contribution in [0.2, 0.25) is 0 Å². The van der Waals surface area contributed by atoms with Gasteiger partial charge in [-0.3, -0.25) is 24.6 Å². The van der Waals surface area contributed by atoms with Crippen LogP contribution in [-0.2, 0) is 17.9 Å². The summed E-state index contributed by atoms with van der Waals surface area (Å²) < 4.78 is 11.6. The zero-order valence-corrected chi connectivity index (χ0v) is 20.6. The first-order valence-corrected chi connectivity index (χ1v) is 12.1. The summed E-state index contributed by atoms with van der Waals surface area (Å²) in [6.45, 7) is 4.54. The van der Waals surface area contributed by atoms with Crippen molar-refractivity contribution in [3.8, 4) is 11.5 Å². The van der Waals surface area contributed by atoms with Crippen LogP contribution < -0.4 is 9.47 Å². The minimum Gasteiger partial charge on any atom is -0.490 e. The third-order valence-corrected chi connectivity index (χ3v) is 6.29. The molecule has 3 aromatic carbocycles. The maximum absolute atomic E-state index is 12.9. The molecule has 0 bridgehead atoms. The van der Waals surface area contributed by atoms with Gasteiger partial charge >= 0.3 is 0 Å². The highest BCUT2D eigenvalue weighted by atomic mass is 32.2. The fraction of sp³-hybridized carbons (Fsp3) is 0.185. The molecule has 36 heavy (non-hydrogen) atoms. The fourth-order valence-electron chi connectivity index (χ4n) is 3.70. The average Bonchev–Trinajstić information content (AvgIpc) is 3.11. The summed E-state index contributed by atoms with van der Waals surface area (Å²) in [6, 6.07) is 19.2. The monoisotopic (exact) mass is 504 g/mol. The molecule has 1 heterocycles. The van der Waals surface area contributed by atoms with Gasteiger partial charge in [0.05, 0.1) is 23.0 Å². The lowest BCUT2D eigenvalue weighted by atomic mass is 10.1. The molecule has 0 N–H and O–H groups in total. The van der Waals surface area contributed by atoms with E-state index in [2.05, 4.69) is 0 Å². The molecular formula is C27H24N2O6S. The van der Waals surface area contributed by atoms with E-state index in [0.717, 1.165) is 22.9 Å². The third kappa shape index (κ3) is 5.92. The number of carbonyl (C=O) groups excluding carboxylic acids is 2. The van der Waals surface area contributed by atoms with E-state index in [-0.39, 0.29) is 30.0 Å². The van der Waals surface area contributed by atoms with Gasteiger partial charge in [0.2, 0.25) is 0 Å². The van der Waals surface area contributed by atoms with Gasteiger partial charge in [0.25, 0.3) is 16.8 Å². The summed E-state index contributed by atoms with van der Waals surface area (Å²) in [5, 5.41) is 10.7. The molecule has 0 saturated carbocycles. The minimum absolute atomic E-state index is 0.00664. The van der Waals surface area contributed by atoms with Gasteiger partial charge in [-0.05, 0) is 60.5 Å². The number of hydrogen-bond donors (Lipinski definition) is 0. The van der Waals surface area contributed by atoms with Gasteiger partial charge in [-0.2, -0.15) is 0 Å². The Morgan fingerprint density at radius 2 is 1.75 bits per heavy atom. The summed E-state index contributed by atoms with van der Waals surface area (Å²) in [7, 11) is 0. The predicted octanol–water partition coefficient (Wildman–Crippen LogP) is 6.12. The Hall–Kier alpha value is -4.11. The largest absolute Gasteiger partial charge is 0.490 e. The highest BCUT2D eigenvalue weighted by Gasteiger charge is 2.35. The first-order chi connectivity index (χ1) is 17.3. The fourth-order valence-corrected chi connectivity index (χ4v) is 4.54. The zero-order chi connectivity index (χ0) is 25.7. The van der Waals surface area contributed by atoms with E-state index < -0.39 is 4.92 Å². The summed E-state index contributed by atoms with van der Waals surface area (Å²) >= 11 is 0.906. The van der Waals surface area contributed by atoms with Crippen LogP contribution in [0.5, 0.6) is 11.5 Å². The number of amides is 2. The number of carbonyl (C=O) groups is 2. The van der Waals surface area contributed by atoms with E-state index >= 15 is 0 Å². The van der Waals surface area contributed by atoms with Crippen LogP contribution in [0, 0.1) is 17.0 Å². The van der Waals surface area contributed by atoms with Crippen LogP contribution in [0.1, 0.15) is 29.2 Å². The second-order valence-electron chi connectivity index (χ2n) is 8.11. The molecule has 0 atom stereocenters. The second-order valence-corrected chi connectivity index (χ2v) is 9.10. The molecule has 0 unspecified atom stereocenters. The molecule has 9 heteroatoms. The van der Waals surface area contributed by atoms with Crippen LogP contribution in [0.4, 0.5) is 10.5 Å². The number of benzene rings is 3. The number of ether oxygens (including phenoxy) is 2. The highest BCUT2D eigenvalue weighted by Crippen LogP contribution is 2.35. The Bertz CT molecular complexity index is 1350. The molecule has 1 fully saturated rings. The Labute approximate surface area is 212 Å². The van der Waals surface area contributed by atoms with Gasteiger partial charge in [-0.15, -0.1) is 0 Å². The van der Waals surface area contributed by atoms with Gasteiger partial charge in [-0.25, -0.2) is 0 Å². The van der Waals surface area contributed by atoms with Gasteiger partial charge in [0.15, 0.2) is 11.5 Å². The van der Waals surface area contributed by atoms with Crippen molar-refractivity contribution in [2.45, 2.75) is 27.0 Å². The van der Waals surface area contributed by atoms with E-state index in [0.29, 0.717) is 34.1 Å². The molecule has 8 nitrogen and oxygen atoms in total. The highest BCUT2D eigenvalue weighted by molar-refractivity contribution is 8.18. The molecule has 2 amide bonds. The smallest absolute Gasteiger partial charge is 0.293 e. The molecule has 1 saturated heterocycles. The maximum Gasteiger partial charge on any atom is 0.293 e. The standard InChI is InChI=1S/C27H24N2O6S/c1-3-34-24-14-19(10-11-23(24)35-17-21-8-5-9-22(13-21)29(32)33)15-25-26(30)28(27(31)36-25)16-20-7-4-6-18(2)12-20/h4-15H,3,16-17H2,1-2H3/b25-15-. The molecule has 3 aromatic rings. The SMILES string of the molecule is CCOc1cc(/C=C2\SC(=O)N(Cc3cccc(C)c3)C2=O)ccc1OCc1cccc([N+](=O)[O-])c1. The van der Waals surface area contributed by atoms with Crippen LogP contribution in [0.3, 0.4) is 0 Å². The second kappa shape index (κ2) is 11.1. The molecule has 4 rings (SSSR count). The van der Waals surface area contributed by atoms with Crippen molar-refractivity contribution in [1.29, 1.82) is 0 Å². The van der Waals surface area contributed by atoms with Gasteiger partial charge < -0.3 is 9.47 Å². The molecule has 0 radical (unpaired) electrons. The Morgan fingerprint density at radius 3 is 2.50 bits per heavy atom. The quantitative estimate of drug-likeness (QED) is 0.197. The van der Waals surface area contributed by atoms with Crippen molar-refractivity contribution >= 4 is 34.7 Å². The molecule has 0 aliphatic carbocycles. The van der Waals surface area contributed by atoms with E-state index in [9.17, 15) is 19.7 Å². The predicted molar refractivity (Wildman–Crippen MR) is 138 cm³/mol. The molecule has 1 aliphatic heterocycles. The Kier molecular flexibility index (Phi) is 7.70. The van der Waals surface area contributed by atoms with E-state index in [1.165, 1.54) is 17.0 Å². The molecular weight excluding hydrogens is 480 g/mol. The number of nitro groups is 1. The Balaban J connectivity index is 1.50. The number of imide groups is 1. The lowest BCUT2D eigenvalue weighted by Crippen LogP contribution is -2.27. The van der Waals surface area contributed by atoms with Gasteiger partial charge in [-0.1, -0.05) is 48.0 Å². The summed E-state index contributed by atoms with van der Waals surface area (Å²) in [6.07, 6.45) is 1.66. The number of nitrogens with zero attached hydrogens (tertiary/aromatic N) is 2. The number of non-ortho nitro benzene ring substituents is 1. The molecule has 184 valence electrons. The van der Waals surface area contributed by atoms with E-state index in [4.69, 9.17) is 9.47 Å². The third-order valence-electron chi connectivity index (χ3n) is 5.38.